The third kappa shape index (κ3) is 3.13. The maximum absolute atomic E-state index is 11.5. The van der Waals surface area contributed by atoms with E-state index >= 15 is 0 Å². The molecule has 1 fully saturated rings. The summed E-state index contributed by atoms with van der Waals surface area (Å²) in [6, 6.07) is 0. The van der Waals surface area contributed by atoms with Crippen molar-refractivity contribution in [3.63, 3.8) is 0 Å². The maximum atomic E-state index is 11.5. The summed E-state index contributed by atoms with van der Waals surface area (Å²) < 4.78 is 5.02. The Morgan fingerprint density at radius 2 is 1.79 bits per heavy atom. The molecule has 0 aromatic carbocycles. The van der Waals surface area contributed by atoms with E-state index in [2.05, 4.69) is 0 Å². The summed E-state index contributed by atoms with van der Waals surface area (Å²) in [4.78, 5) is 22.8. The summed E-state index contributed by atoms with van der Waals surface area (Å²) in [7, 11) is 0. The Morgan fingerprint density at radius 3 is 2.50 bits per heavy atom. The highest BCUT2D eigenvalue weighted by molar-refractivity contribution is 5.80. The molecule has 1 saturated heterocycles. The lowest BCUT2D eigenvalue weighted by atomic mass is 9.92. The summed E-state index contributed by atoms with van der Waals surface area (Å²) in [5.41, 5.74) is 0. The van der Waals surface area contributed by atoms with Crippen LogP contribution in [0, 0.1) is 11.8 Å². The fourth-order valence-electron chi connectivity index (χ4n) is 1.59. The molecule has 0 radical (unpaired) electrons. The van der Waals surface area contributed by atoms with Crippen LogP contribution in [0.25, 0.3) is 0 Å². The normalized spacial score (nSPS) is 31.0. The standard InChI is InChI=1S/C11H18O3/c1-8-5-6-9(2)11(13)14-7-3-4-10(8)12/h8-9H,3-7H2,1-2H3. The molecule has 80 valence electrons. The molecule has 0 bridgehead atoms. The lowest BCUT2D eigenvalue weighted by Gasteiger charge is -2.16. The number of rotatable bonds is 0. The minimum Gasteiger partial charge on any atom is -0.465 e. The summed E-state index contributed by atoms with van der Waals surface area (Å²) in [6.07, 6.45) is 2.77. The van der Waals surface area contributed by atoms with E-state index in [0.717, 1.165) is 12.8 Å². The predicted molar refractivity (Wildman–Crippen MR) is 52.8 cm³/mol. The predicted octanol–water partition coefficient (Wildman–Crippen LogP) is 1.94. The van der Waals surface area contributed by atoms with E-state index in [4.69, 9.17) is 4.74 Å². The molecule has 0 spiro atoms. The van der Waals surface area contributed by atoms with Gasteiger partial charge in [0.15, 0.2) is 0 Å². The van der Waals surface area contributed by atoms with Gasteiger partial charge >= 0.3 is 5.97 Å². The van der Waals surface area contributed by atoms with E-state index in [1.807, 2.05) is 13.8 Å². The molecule has 1 aliphatic heterocycles. The zero-order chi connectivity index (χ0) is 10.6. The van der Waals surface area contributed by atoms with Crippen LogP contribution in [0.15, 0.2) is 0 Å². The van der Waals surface area contributed by atoms with Crippen molar-refractivity contribution in [3.8, 4) is 0 Å². The summed E-state index contributed by atoms with van der Waals surface area (Å²) in [6.45, 7) is 4.20. The molecule has 14 heavy (non-hydrogen) atoms. The molecule has 1 rings (SSSR count). The number of carbonyl (C=O) groups is 2. The topological polar surface area (TPSA) is 43.4 Å². The zero-order valence-electron chi connectivity index (χ0n) is 8.91. The Morgan fingerprint density at radius 1 is 1.14 bits per heavy atom. The summed E-state index contributed by atoms with van der Waals surface area (Å²) in [5, 5.41) is 0. The Labute approximate surface area is 84.8 Å². The number of carbonyl (C=O) groups excluding carboxylic acids is 2. The highest BCUT2D eigenvalue weighted by Crippen LogP contribution is 2.18. The van der Waals surface area contributed by atoms with Crippen LogP contribution in [0.2, 0.25) is 0 Å². The van der Waals surface area contributed by atoms with Gasteiger partial charge in [0.05, 0.1) is 12.5 Å². The first-order chi connectivity index (χ1) is 6.61. The molecule has 2 unspecified atom stereocenters. The number of ketones is 1. The van der Waals surface area contributed by atoms with Gasteiger partial charge in [0.1, 0.15) is 5.78 Å². The van der Waals surface area contributed by atoms with Crippen LogP contribution in [0.5, 0.6) is 0 Å². The molecule has 0 aromatic heterocycles. The van der Waals surface area contributed by atoms with Crippen LogP contribution >= 0.6 is 0 Å². The van der Waals surface area contributed by atoms with Crippen molar-refractivity contribution in [1.82, 2.24) is 0 Å². The second-order valence-corrected chi connectivity index (χ2v) is 4.12. The number of hydrogen-bond acceptors (Lipinski definition) is 3. The van der Waals surface area contributed by atoms with E-state index in [1.165, 1.54) is 0 Å². The van der Waals surface area contributed by atoms with Crippen LogP contribution in [-0.2, 0) is 14.3 Å². The minimum absolute atomic E-state index is 0.0663. The minimum atomic E-state index is -0.119. The zero-order valence-corrected chi connectivity index (χ0v) is 8.91. The molecule has 0 N–H and O–H groups in total. The van der Waals surface area contributed by atoms with Crippen LogP contribution < -0.4 is 0 Å². The molecular formula is C11H18O3. The van der Waals surface area contributed by atoms with Crippen molar-refractivity contribution >= 4 is 11.8 Å². The molecule has 3 nitrogen and oxygen atoms in total. The molecule has 0 aliphatic carbocycles. The average molecular weight is 198 g/mol. The Balaban J connectivity index is 2.53. The average Bonchev–Trinajstić information content (AvgIpc) is 2.18. The second-order valence-electron chi connectivity index (χ2n) is 4.12. The van der Waals surface area contributed by atoms with Crippen LogP contribution in [-0.4, -0.2) is 18.4 Å². The van der Waals surface area contributed by atoms with E-state index < -0.39 is 0 Å². The number of Topliss-reactive ketones (excluding diaryl/α,β-unsaturated/α-hetero) is 1. The van der Waals surface area contributed by atoms with Gasteiger partial charge in [-0.2, -0.15) is 0 Å². The van der Waals surface area contributed by atoms with Gasteiger partial charge in [-0.3, -0.25) is 9.59 Å². The van der Waals surface area contributed by atoms with Gasteiger partial charge in [0, 0.05) is 12.3 Å². The quantitative estimate of drug-likeness (QED) is 0.559. The fourth-order valence-corrected chi connectivity index (χ4v) is 1.59. The number of cyclic esters (lactones) is 1. The highest BCUT2D eigenvalue weighted by Gasteiger charge is 2.20. The first kappa shape index (κ1) is 11.2. The first-order valence-electron chi connectivity index (χ1n) is 5.30. The molecule has 0 aromatic rings. The van der Waals surface area contributed by atoms with Crippen molar-refractivity contribution in [3.05, 3.63) is 0 Å². The highest BCUT2D eigenvalue weighted by atomic mass is 16.5. The van der Waals surface area contributed by atoms with E-state index in [-0.39, 0.29) is 17.8 Å². The molecule has 1 aliphatic rings. The van der Waals surface area contributed by atoms with Gasteiger partial charge in [-0.25, -0.2) is 0 Å². The van der Waals surface area contributed by atoms with Crippen molar-refractivity contribution < 1.29 is 14.3 Å². The molecule has 0 saturated carbocycles. The summed E-state index contributed by atoms with van der Waals surface area (Å²) in [5.74, 6) is 0.216. The number of esters is 1. The van der Waals surface area contributed by atoms with Gasteiger partial charge in [-0.15, -0.1) is 0 Å². The Kier molecular flexibility index (Phi) is 4.11. The largest absolute Gasteiger partial charge is 0.465 e. The van der Waals surface area contributed by atoms with Crippen molar-refractivity contribution in [2.45, 2.75) is 39.5 Å². The smallest absolute Gasteiger partial charge is 0.308 e. The van der Waals surface area contributed by atoms with Gasteiger partial charge in [-0.05, 0) is 19.3 Å². The first-order valence-corrected chi connectivity index (χ1v) is 5.30. The molecule has 0 amide bonds. The van der Waals surface area contributed by atoms with Gasteiger partial charge < -0.3 is 4.74 Å². The number of hydrogen-bond donors (Lipinski definition) is 0. The van der Waals surface area contributed by atoms with E-state index in [9.17, 15) is 9.59 Å². The number of ether oxygens (including phenoxy) is 1. The van der Waals surface area contributed by atoms with Gasteiger partial charge in [0.25, 0.3) is 0 Å². The molecule has 3 heteroatoms. The molecular weight excluding hydrogens is 180 g/mol. The Hall–Kier alpha value is -0.860. The third-order valence-corrected chi connectivity index (χ3v) is 2.80. The van der Waals surface area contributed by atoms with Crippen LogP contribution in [0.3, 0.4) is 0 Å². The third-order valence-electron chi connectivity index (χ3n) is 2.80. The Bertz CT molecular complexity index is 199. The lowest BCUT2D eigenvalue weighted by Crippen LogP contribution is -2.21. The van der Waals surface area contributed by atoms with Crippen molar-refractivity contribution in [2.75, 3.05) is 6.61 Å². The monoisotopic (exact) mass is 198 g/mol. The molecule has 1 heterocycles. The molecule has 2 atom stereocenters. The van der Waals surface area contributed by atoms with Crippen LogP contribution in [0.4, 0.5) is 0 Å². The lowest BCUT2D eigenvalue weighted by molar-refractivity contribution is -0.149. The van der Waals surface area contributed by atoms with Crippen molar-refractivity contribution in [1.29, 1.82) is 0 Å². The van der Waals surface area contributed by atoms with Gasteiger partial charge in [-0.1, -0.05) is 13.8 Å². The maximum Gasteiger partial charge on any atom is 0.308 e. The second kappa shape index (κ2) is 5.13. The van der Waals surface area contributed by atoms with Crippen molar-refractivity contribution in [2.24, 2.45) is 11.8 Å². The van der Waals surface area contributed by atoms with Crippen LogP contribution in [0.1, 0.15) is 39.5 Å². The van der Waals surface area contributed by atoms with E-state index in [1.54, 1.807) is 0 Å². The SMILES string of the molecule is CC1CCC(C)C(=O)OCCCC1=O. The van der Waals surface area contributed by atoms with E-state index in [0.29, 0.717) is 25.2 Å². The fraction of sp³-hybridized carbons (Fsp3) is 0.818. The van der Waals surface area contributed by atoms with Gasteiger partial charge in [0.2, 0.25) is 0 Å². The summed E-state index contributed by atoms with van der Waals surface area (Å²) >= 11 is 0.